The van der Waals surface area contributed by atoms with E-state index in [-0.39, 0.29) is 11.3 Å². The molecule has 0 radical (unpaired) electrons. The highest BCUT2D eigenvalue weighted by molar-refractivity contribution is 5.79. The van der Waals surface area contributed by atoms with Gasteiger partial charge in [0.1, 0.15) is 0 Å². The third-order valence-electron chi connectivity index (χ3n) is 7.01. The van der Waals surface area contributed by atoms with E-state index in [1.54, 1.807) is 6.26 Å². The lowest BCUT2D eigenvalue weighted by Gasteiger charge is -2.57. The van der Waals surface area contributed by atoms with Crippen LogP contribution < -0.4 is 0 Å². The van der Waals surface area contributed by atoms with E-state index in [1.165, 1.54) is 5.56 Å². The number of allylic oxidation sites excluding steroid dienone is 1. The maximum atomic E-state index is 12.3. The first kappa shape index (κ1) is 16.4. The zero-order valence-electron chi connectivity index (χ0n) is 14.5. The molecule has 0 amide bonds. The molecule has 126 valence electrons. The number of hydrogen-bond acceptors (Lipinski definition) is 2. The topological polar surface area (TPSA) is 50.4 Å². The molecule has 1 fully saturated rings. The second-order valence-corrected chi connectivity index (χ2v) is 7.87. The molecule has 1 aromatic heterocycles. The Labute approximate surface area is 138 Å². The van der Waals surface area contributed by atoms with Crippen LogP contribution >= 0.6 is 0 Å². The number of fused-ring (bicyclic) bond motifs is 1. The summed E-state index contributed by atoms with van der Waals surface area (Å²) >= 11 is 0. The van der Waals surface area contributed by atoms with Gasteiger partial charge >= 0.3 is 5.97 Å². The quantitative estimate of drug-likeness (QED) is 0.788. The van der Waals surface area contributed by atoms with Crippen LogP contribution in [0, 0.1) is 22.7 Å². The van der Waals surface area contributed by atoms with Gasteiger partial charge in [-0.3, -0.25) is 4.79 Å². The van der Waals surface area contributed by atoms with Crippen LogP contribution in [0.15, 0.2) is 34.7 Å². The van der Waals surface area contributed by atoms with Crippen molar-refractivity contribution in [3.05, 3.63) is 35.8 Å². The molecule has 3 rings (SSSR count). The second-order valence-electron chi connectivity index (χ2n) is 7.87. The van der Waals surface area contributed by atoms with E-state index >= 15 is 0 Å². The lowest BCUT2D eigenvalue weighted by atomic mass is 9.46. The minimum atomic E-state index is -0.643. The second kappa shape index (κ2) is 5.85. The molecule has 4 unspecified atom stereocenters. The average molecular weight is 316 g/mol. The molecule has 2 aliphatic rings. The van der Waals surface area contributed by atoms with E-state index in [2.05, 4.69) is 19.9 Å². The van der Waals surface area contributed by atoms with E-state index in [0.717, 1.165) is 44.1 Å². The SMILES string of the molecule is CC1=CCCC2C1(C(=O)O)CCC(C)C2(C)CCc1ccoc1. The van der Waals surface area contributed by atoms with E-state index < -0.39 is 11.4 Å². The van der Waals surface area contributed by atoms with Gasteiger partial charge in [-0.2, -0.15) is 0 Å². The van der Waals surface area contributed by atoms with Gasteiger partial charge in [0.25, 0.3) is 0 Å². The number of carboxylic acids is 1. The van der Waals surface area contributed by atoms with E-state index in [0.29, 0.717) is 5.92 Å². The fraction of sp³-hybridized carbons (Fsp3) is 0.650. The van der Waals surface area contributed by atoms with E-state index in [9.17, 15) is 9.90 Å². The van der Waals surface area contributed by atoms with Gasteiger partial charge < -0.3 is 9.52 Å². The van der Waals surface area contributed by atoms with Gasteiger partial charge in [0.15, 0.2) is 0 Å². The van der Waals surface area contributed by atoms with Crippen LogP contribution in [-0.2, 0) is 11.2 Å². The van der Waals surface area contributed by atoms with Crippen molar-refractivity contribution < 1.29 is 14.3 Å². The molecule has 0 bridgehead atoms. The Hall–Kier alpha value is -1.51. The summed E-state index contributed by atoms with van der Waals surface area (Å²) in [6.07, 6.45) is 11.5. The molecule has 23 heavy (non-hydrogen) atoms. The maximum Gasteiger partial charge on any atom is 0.314 e. The third kappa shape index (κ3) is 2.45. The van der Waals surface area contributed by atoms with Crippen molar-refractivity contribution in [2.45, 2.75) is 59.3 Å². The molecule has 3 heteroatoms. The molecule has 1 aromatic rings. The highest BCUT2D eigenvalue weighted by Crippen LogP contribution is 2.62. The number of carboxylic acid groups (broad SMARTS) is 1. The summed E-state index contributed by atoms with van der Waals surface area (Å²) in [5.41, 5.74) is 1.72. The number of furan rings is 1. The van der Waals surface area contributed by atoms with Crippen molar-refractivity contribution in [1.29, 1.82) is 0 Å². The molecule has 1 N–H and O–H groups in total. The molecule has 0 aromatic carbocycles. The van der Waals surface area contributed by atoms with E-state index in [1.807, 2.05) is 19.3 Å². The van der Waals surface area contributed by atoms with Crippen LogP contribution in [0.2, 0.25) is 0 Å². The Kier molecular flexibility index (Phi) is 4.16. The lowest BCUT2D eigenvalue weighted by Crippen LogP contribution is -2.54. The van der Waals surface area contributed by atoms with Crippen LogP contribution in [0.3, 0.4) is 0 Å². The molecular weight excluding hydrogens is 288 g/mol. The Morgan fingerprint density at radius 1 is 1.43 bits per heavy atom. The maximum absolute atomic E-state index is 12.3. The summed E-state index contributed by atoms with van der Waals surface area (Å²) in [4.78, 5) is 12.3. The largest absolute Gasteiger partial charge is 0.481 e. The zero-order valence-corrected chi connectivity index (χ0v) is 14.5. The zero-order chi connectivity index (χ0) is 16.7. The predicted molar refractivity (Wildman–Crippen MR) is 90.1 cm³/mol. The highest BCUT2D eigenvalue weighted by Gasteiger charge is 2.59. The Bertz CT molecular complexity index is 600. The van der Waals surface area contributed by atoms with Crippen molar-refractivity contribution in [2.24, 2.45) is 22.7 Å². The standard InChI is InChI=1S/C20H28O3/c1-14-7-11-20(18(21)22)15(2)5-4-6-17(20)19(14,3)10-8-16-9-12-23-13-16/h5,9,12-14,17H,4,6-8,10-11H2,1-3H3,(H,21,22). The first-order chi connectivity index (χ1) is 10.9. The number of rotatable bonds is 4. The van der Waals surface area contributed by atoms with E-state index in [4.69, 9.17) is 4.42 Å². The van der Waals surface area contributed by atoms with Crippen LogP contribution in [0.4, 0.5) is 0 Å². The average Bonchev–Trinajstić information content (AvgIpc) is 3.03. The van der Waals surface area contributed by atoms with Crippen molar-refractivity contribution in [3.8, 4) is 0 Å². The molecule has 3 nitrogen and oxygen atoms in total. The fourth-order valence-electron chi connectivity index (χ4n) is 5.25. The summed E-state index contributed by atoms with van der Waals surface area (Å²) in [5, 5.41) is 10.1. The van der Waals surface area contributed by atoms with Gasteiger partial charge in [0.2, 0.25) is 0 Å². The Morgan fingerprint density at radius 2 is 2.22 bits per heavy atom. The van der Waals surface area contributed by atoms with Gasteiger partial charge in [-0.25, -0.2) is 0 Å². The normalized spacial score (nSPS) is 37.1. The summed E-state index contributed by atoms with van der Waals surface area (Å²) in [6, 6.07) is 2.02. The monoisotopic (exact) mass is 316 g/mol. The summed E-state index contributed by atoms with van der Waals surface area (Å²) in [6.45, 7) is 6.68. The van der Waals surface area contributed by atoms with Crippen LogP contribution in [0.5, 0.6) is 0 Å². The molecular formula is C20H28O3. The van der Waals surface area contributed by atoms with Crippen molar-refractivity contribution in [2.75, 3.05) is 0 Å². The molecule has 0 aliphatic heterocycles. The van der Waals surface area contributed by atoms with Crippen molar-refractivity contribution in [3.63, 3.8) is 0 Å². The smallest absolute Gasteiger partial charge is 0.314 e. The van der Waals surface area contributed by atoms with Gasteiger partial charge in [0.05, 0.1) is 17.9 Å². The Balaban J connectivity index is 1.94. The minimum Gasteiger partial charge on any atom is -0.481 e. The van der Waals surface area contributed by atoms with Crippen LogP contribution in [0.25, 0.3) is 0 Å². The first-order valence-electron chi connectivity index (χ1n) is 8.83. The van der Waals surface area contributed by atoms with Gasteiger partial charge in [-0.1, -0.05) is 25.5 Å². The molecule has 1 heterocycles. The summed E-state index contributed by atoms with van der Waals surface area (Å²) in [5.74, 6) is 0.170. The predicted octanol–water partition coefficient (Wildman–Crippen LogP) is 5.08. The van der Waals surface area contributed by atoms with Gasteiger partial charge in [-0.05, 0) is 74.3 Å². The fourth-order valence-corrected chi connectivity index (χ4v) is 5.25. The summed E-state index contributed by atoms with van der Waals surface area (Å²) < 4.78 is 5.19. The first-order valence-corrected chi connectivity index (χ1v) is 8.83. The minimum absolute atomic E-state index is 0.0590. The van der Waals surface area contributed by atoms with Gasteiger partial charge in [-0.15, -0.1) is 0 Å². The lowest BCUT2D eigenvalue weighted by molar-refractivity contribution is -0.162. The Morgan fingerprint density at radius 3 is 2.87 bits per heavy atom. The molecule has 4 atom stereocenters. The third-order valence-corrected chi connectivity index (χ3v) is 7.01. The molecule has 1 saturated carbocycles. The highest BCUT2D eigenvalue weighted by atomic mass is 16.4. The number of aryl methyl sites for hydroxylation is 1. The number of aliphatic carboxylic acids is 1. The van der Waals surface area contributed by atoms with Crippen LogP contribution in [-0.4, -0.2) is 11.1 Å². The molecule has 0 saturated heterocycles. The van der Waals surface area contributed by atoms with Gasteiger partial charge in [0, 0.05) is 0 Å². The molecule has 2 aliphatic carbocycles. The van der Waals surface area contributed by atoms with Crippen molar-refractivity contribution >= 4 is 5.97 Å². The van der Waals surface area contributed by atoms with Crippen molar-refractivity contribution in [1.82, 2.24) is 0 Å². The number of carbonyl (C=O) groups is 1. The van der Waals surface area contributed by atoms with Crippen LogP contribution in [0.1, 0.15) is 58.4 Å². The summed E-state index contributed by atoms with van der Waals surface area (Å²) in [7, 11) is 0. The molecule has 0 spiro atoms. The number of hydrogen-bond donors (Lipinski definition) is 1.